The van der Waals surface area contributed by atoms with Crippen LogP contribution in [0.5, 0.6) is 0 Å². The summed E-state index contributed by atoms with van der Waals surface area (Å²) >= 11 is 0. The molecule has 0 aliphatic carbocycles. The molecule has 0 N–H and O–H groups in total. The fourth-order valence-corrected chi connectivity index (χ4v) is 3.35. The topological polar surface area (TPSA) is 53.5 Å². The minimum absolute atomic E-state index is 0.0122. The maximum absolute atomic E-state index is 13.3. The van der Waals surface area contributed by atoms with Crippen molar-refractivity contribution in [2.45, 2.75) is 27.7 Å². The van der Waals surface area contributed by atoms with Crippen LogP contribution in [0.4, 0.5) is 11.4 Å². The van der Waals surface area contributed by atoms with Gasteiger partial charge in [-0.05, 0) is 44.0 Å². The molecule has 3 rings (SSSR count). The minimum Gasteiger partial charge on any atom is -0.310 e. The predicted octanol–water partition coefficient (Wildman–Crippen LogP) is 3.35. The lowest BCUT2D eigenvalue weighted by Crippen LogP contribution is -2.36. The average Bonchev–Trinajstić information content (AvgIpc) is 2.71. The molecule has 0 saturated heterocycles. The van der Waals surface area contributed by atoms with Crippen molar-refractivity contribution in [3.05, 3.63) is 53.3 Å². The van der Waals surface area contributed by atoms with Gasteiger partial charge < -0.3 is 9.80 Å². The Bertz CT molecular complexity index is 831. The number of amides is 2. The molecule has 25 heavy (non-hydrogen) atoms. The van der Waals surface area contributed by atoms with Gasteiger partial charge in [-0.25, -0.2) is 0 Å². The minimum atomic E-state index is -0.0743. The van der Waals surface area contributed by atoms with Gasteiger partial charge in [-0.2, -0.15) is 0 Å². The van der Waals surface area contributed by atoms with Gasteiger partial charge >= 0.3 is 0 Å². The summed E-state index contributed by atoms with van der Waals surface area (Å²) in [6.45, 7) is 8.55. The molecule has 0 spiro atoms. The SMILES string of the molecule is CC(=O)N1CC(C)CN(C(=O)c2ccc(C)nc2C)c2ccccc21. The molecule has 0 fully saturated rings. The number of hydrogen-bond donors (Lipinski definition) is 0. The highest BCUT2D eigenvalue weighted by Gasteiger charge is 2.30. The van der Waals surface area contributed by atoms with E-state index in [0.717, 1.165) is 22.8 Å². The molecule has 1 aromatic heterocycles. The molecule has 130 valence electrons. The molecule has 1 aliphatic rings. The Morgan fingerprint density at radius 3 is 2.20 bits per heavy atom. The van der Waals surface area contributed by atoms with E-state index in [1.807, 2.05) is 50.2 Å². The van der Waals surface area contributed by atoms with Gasteiger partial charge in [0.2, 0.25) is 5.91 Å². The first-order chi connectivity index (χ1) is 11.9. The Balaban J connectivity index is 2.09. The Kier molecular flexibility index (Phi) is 4.57. The highest BCUT2D eigenvalue weighted by Crippen LogP contribution is 2.34. The van der Waals surface area contributed by atoms with Crippen molar-refractivity contribution < 1.29 is 9.59 Å². The Morgan fingerprint density at radius 1 is 1.00 bits per heavy atom. The van der Waals surface area contributed by atoms with Crippen LogP contribution >= 0.6 is 0 Å². The molecule has 1 atom stereocenters. The van der Waals surface area contributed by atoms with Crippen LogP contribution in [-0.4, -0.2) is 29.9 Å². The van der Waals surface area contributed by atoms with Crippen molar-refractivity contribution >= 4 is 23.2 Å². The number of pyridine rings is 1. The van der Waals surface area contributed by atoms with E-state index in [2.05, 4.69) is 11.9 Å². The smallest absolute Gasteiger partial charge is 0.260 e. The van der Waals surface area contributed by atoms with Gasteiger partial charge in [-0.1, -0.05) is 19.1 Å². The predicted molar refractivity (Wildman–Crippen MR) is 99.0 cm³/mol. The van der Waals surface area contributed by atoms with Gasteiger partial charge in [0.1, 0.15) is 0 Å². The molecule has 5 nitrogen and oxygen atoms in total. The highest BCUT2D eigenvalue weighted by molar-refractivity contribution is 6.10. The Labute approximate surface area is 148 Å². The van der Waals surface area contributed by atoms with E-state index < -0.39 is 0 Å². The van der Waals surface area contributed by atoms with Crippen LogP contribution < -0.4 is 9.80 Å². The summed E-state index contributed by atoms with van der Waals surface area (Å²) in [6, 6.07) is 11.3. The lowest BCUT2D eigenvalue weighted by molar-refractivity contribution is -0.116. The fraction of sp³-hybridized carbons (Fsp3) is 0.350. The summed E-state index contributed by atoms with van der Waals surface area (Å²) in [7, 11) is 0. The number of aryl methyl sites for hydroxylation is 2. The van der Waals surface area contributed by atoms with Crippen LogP contribution in [0.15, 0.2) is 36.4 Å². The van der Waals surface area contributed by atoms with Crippen molar-refractivity contribution in [1.82, 2.24) is 4.98 Å². The zero-order valence-electron chi connectivity index (χ0n) is 15.1. The number of carbonyl (C=O) groups excluding carboxylic acids is 2. The molecule has 2 heterocycles. The van der Waals surface area contributed by atoms with Crippen molar-refractivity contribution in [2.75, 3.05) is 22.9 Å². The van der Waals surface area contributed by atoms with Gasteiger partial charge in [0.25, 0.3) is 5.91 Å². The molecule has 0 bridgehead atoms. The number of benzene rings is 1. The summed E-state index contributed by atoms with van der Waals surface area (Å²) in [4.78, 5) is 33.3. The van der Waals surface area contributed by atoms with Crippen molar-refractivity contribution in [1.29, 1.82) is 0 Å². The van der Waals surface area contributed by atoms with Crippen LogP contribution in [0.25, 0.3) is 0 Å². The largest absolute Gasteiger partial charge is 0.310 e. The van der Waals surface area contributed by atoms with Gasteiger partial charge in [-0.15, -0.1) is 0 Å². The molecule has 5 heteroatoms. The van der Waals surface area contributed by atoms with E-state index in [1.165, 1.54) is 0 Å². The van der Waals surface area contributed by atoms with Crippen LogP contribution in [0.2, 0.25) is 0 Å². The van der Waals surface area contributed by atoms with Crippen molar-refractivity contribution in [3.8, 4) is 0 Å². The number of anilines is 2. The summed E-state index contributed by atoms with van der Waals surface area (Å²) in [6.07, 6.45) is 0. The number of carbonyl (C=O) groups is 2. The third-order valence-electron chi connectivity index (χ3n) is 4.53. The number of aromatic nitrogens is 1. The standard InChI is InChI=1S/C20H23N3O2/c1-13-11-22(16(4)24)18-7-5-6-8-19(18)23(12-13)20(25)17-10-9-14(2)21-15(17)3/h5-10,13H,11-12H2,1-4H3. The van der Waals surface area contributed by atoms with Gasteiger partial charge in [0.15, 0.2) is 0 Å². The van der Waals surface area contributed by atoms with Gasteiger partial charge in [0.05, 0.1) is 22.6 Å². The number of hydrogen-bond acceptors (Lipinski definition) is 3. The zero-order chi connectivity index (χ0) is 18.1. The average molecular weight is 337 g/mol. The first-order valence-corrected chi connectivity index (χ1v) is 8.51. The summed E-state index contributed by atoms with van der Waals surface area (Å²) < 4.78 is 0. The van der Waals surface area contributed by atoms with Crippen LogP contribution in [-0.2, 0) is 4.79 Å². The lowest BCUT2D eigenvalue weighted by atomic mass is 10.1. The molecule has 0 radical (unpaired) electrons. The van der Waals surface area contributed by atoms with Gasteiger partial charge in [0, 0.05) is 25.7 Å². The maximum Gasteiger partial charge on any atom is 0.260 e. The first-order valence-electron chi connectivity index (χ1n) is 8.51. The number of fused-ring (bicyclic) bond motifs is 1. The Morgan fingerprint density at radius 2 is 1.60 bits per heavy atom. The van der Waals surface area contributed by atoms with E-state index in [-0.39, 0.29) is 17.7 Å². The lowest BCUT2D eigenvalue weighted by Gasteiger charge is -2.25. The molecule has 1 unspecified atom stereocenters. The second-order valence-corrected chi connectivity index (χ2v) is 6.72. The molecule has 1 aliphatic heterocycles. The van der Waals surface area contributed by atoms with E-state index in [9.17, 15) is 9.59 Å². The summed E-state index contributed by atoms with van der Waals surface area (Å²) in [5.41, 5.74) is 3.77. The van der Waals surface area contributed by atoms with Gasteiger partial charge in [-0.3, -0.25) is 14.6 Å². The Hall–Kier alpha value is -2.69. The molecule has 0 saturated carbocycles. The quantitative estimate of drug-likeness (QED) is 0.802. The number of rotatable bonds is 1. The zero-order valence-corrected chi connectivity index (χ0v) is 15.1. The van der Waals surface area contributed by atoms with Crippen LogP contribution in [0.3, 0.4) is 0 Å². The van der Waals surface area contributed by atoms with Crippen LogP contribution in [0.1, 0.15) is 35.6 Å². The maximum atomic E-state index is 13.3. The molecule has 2 aromatic rings. The number of nitrogens with zero attached hydrogens (tertiary/aromatic N) is 3. The second kappa shape index (κ2) is 6.67. The van der Waals surface area contributed by atoms with Crippen molar-refractivity contribution in [3.63, 3.8) is 0 Å². The molecular formula is C20H23N3O2. The van der Waals surface area contributed by atoms with E-state index in [4.69, 9.17) is 0 Å². The monoisotopic (exact) mass is 337 g/mol. The number of para-hydroxylation sites is 2. The second-order valence-electron chi connectivity index (χ2n) is 6.72. The summed E-state index contributed by atoms with van der Waals surface area (Å²) in [5, 5.41) is 0. The normalized spacial score (nSPS) is 17.0. The van der Waals surface area contributed by atoms with Crippen LogP contribution in [0, 0.1) is 19.8 Å². The fourth-order valence-electron chi connectivity index (χ4n) is 3.35. The highest BCUT2D eigenvalue weighted by atomic mass is 16.2. The summed E-state index contributed by atoms with van der Waals surface area (Å²) in [5.74, 6) is 0.0791. The molecular weight excluding hydrogens is 314 g/mol. The van der Waals surface area contributed by atoms with Crippen molar-refractivity contribution in [2.24, 2.45) is 5.92 Å². The van der Waals surface area contributed by atoms with E-state index in [0.29, 0.717) is 18.7 Å². The molecule has 1 aromatic carbocycles. The molecule has 2 amide bonds. The third-order valence-corrected chi connectivity index (χ3v) is 4.53. The van der Waals surface area contributed by atoms with E-state index in [1.54, 1.807) is 16.7 Å². The third kappa shape index (κ3) is 3.27. The van der Waals surface area contributed by atoms with E-state index >= 15 is 0 Å². The first kappa shape index (κ1) is 17.1.